The van der Waals surface area contributed by atoms with Crippen molar-refractivity contribution >= 4 is 0 Å². The van der Waals surface area contributed by atoms with Gasteiger partial charge in [-0.1, -0.05) is 32.9 Å². The van der Waals surface area contributed by atoms with E-state index in [1.807, 2.05) is 6.92 Å². The Bertz CT molecular complexity index is 346. The molecule has 2 aliphatic carbocycles. The smallest absolute Gasteiger partial charge is 0.0512 e. The summed E-state index contributed by atoms with van der Waals surface area (Å²) < 4.78 is 0. The normalized spacial score (nSPS) is 44.8. The van der Waals surface area contributed by atoms with Gasteiger partial charge >= 0.3 is 0 Å². The zero-order chi connectivity index (χ0) is 14.3. The topological polar surface area (TPSA) is 20.2 Å². The van der Waals surface area contributed by atoms with Crippen molar-refractivity contribution in [3.63, 3.8) is 0 Å². The second-order valence-electron chi connectivity index (χ2n) is 7.80. The van der Waals surface area contributed by atoms with Gasteiger partial charge in [0, 0.05) is 0 Å². The first-order chi connectivity index (χ1) is 8.80. The lowest BCUT2D eigenvalue weighted by Crippen LogP contribution is -2.50. The Hall–Kier alpha value is -0.300. The number of aliphatic hydroxyl groups is 1. The quantitative estimate of drug-likeness (QED) is 0.715. The molecular weight excluding hydrogens is 232 g/mol. The first kappa shape index (κ1) is 15.1. The van der Waals surface area contributed by atoms with Crippen LogP contribution >= 0.6 is 0 Å². The predicted octanol–water partition coefficient (Wildman–Crippen LogP) is 4.95. The Morgan fingerprint density at radius 2 is 2.05 bits per heavy atom. The molecule has 5 atom stereocenters. The molecular formula is C18H32O. The number of rotatable bonds is 3. The zero-order valence-electron chi connectivity index (χ0n) is 13.3. The second kappa shape index (κ2) is 5.24. The van der Waals surface area contributed by atoms with Gasteiger partial charge in [-0.25, -0.2) is 0 Å². The first-order valence-electron chi connectivity index (χ1n) is 8.17. The van der Waals surface area contributed by atoms with E-state index in [2.05, 4.69) is 27.4 Å². The third kappa shape index (κ3) is 2.51. The summed E-state index contributed by atoms with van der Waals surface area (Å²) in [6.45, 7) is 13.7. The Morgan fingerprint density at radius 1 is 1.37 bits per heavy atom. The summed E-state index contributed by atoms with van der Waals surface area (Å²) in [5.74, 6) is 1.54. The van der Waals surface area contributed by atoms with E-state index in [1.165, 1.54) is 44.1 Å². The van der Waals surface area contributed by atoms with Crippen LogP contribution in [0.4, 0.5) is 0 Å². The fourth-order valence-corrected chi connectivity index (χ4v) is 4.91. The molecule has 5 unspecified atom stereocenters. The van der Waals surface area contributed by atoms with Gasteiger partial charge in [0.25, 0.3) is 0 Å². The van der Waals surface area contributed by atoms with E-state index in [9.17, 15) is 5.11 Å². The fourth-order valence-electron chi connectivity index (χ4n) is 4.91. The highest BCUT2D eigenvalue weighted by Gasteiger charge is 2.53. The number of hydrogen-bond donors (Lipinski definition) is 1. The minimum absolute atomic E-state index is 0.163. The molecule has 19 heavy (non-hydrogen) atoms. The maximum absolute atomic E-state index is 9.68. The van der Waals surface area contributed by atoms with Crippen LogP contribution in [0.2, 0.25) is 0 Å². The molecule has 1 heteroatoms. The molecule has 0 aliphatic heterocycles. The highest BCUT2D eigenvalue weighted by Crippen LogP contribution is 2.62. The molecule has 0 heterocycles. The molecule has 0 bridgehead atoms. The Balaban J connectivity index is 2.26. The van der Waals surface area contributed by atoms with Crippen molar-refractivity contribution in [1.29, 1.82) is 0 Å². The van der Waals surface area contributed by atoms with Crippen LogP contribution in [0.1, 0.15) is 72.6 Å². The lowest BCUT2D eigenvalue weighted by Gasteiger charge is -2.59. The van der Waals surface area contributed by atoms with Crippen molar-refractivity contribution in [2.45, 2.75) is 78.7 Å². The molecule has 0 aromatic heterocycles. The Labute approximate surface area is 119 Å². The fraction of sp³-hybridized carbons (Fsp3) is 0.889. The van der Waals surface area contributed by atoms with Gasteiger partial charge in [-0.15, -0.1) is 0 Å². The van der Waals surface area contributed by atoms with E-state index in [-0.39, 0.29) is 6.10 Å². The van der Waals surface area contributed by atoms with Crippen LogP contribution in [0.25, 0.3) is 0 Å². The van der Waals surface area contributed by atoms with E-state index in [0.29, 0.717) is 10.8 Å². The summed E-state index contributed by atoms with van der Waals surface area (Å²) in [5, 5.41) is 9.68. The van der Waals surface area contributed by atoms with Crippen molar-refractivity contribution in [2.24, 2.45) is 22.7 Å². The van der Waals surface area contributed by atoms with E-state index >= 15 is 0 Å². The summed E-state index contributed by atoms with van der Waals surface area (Å²) in [6, 6.07) is 0. The summed E-state index contributed by atoms with van der Waals surface area (Å²) >= 11 is 0. The largest absolute Gasteiger partial charge is 0.393 e. The van der Waals surface area contributed by atoms with Gasteiger partial charge in [0.05, 0.1) is 6.10 Å². The number of hydrogen-bond acceptors (Lipinski definition) is 1. The Kier molecular flexibility index (Phi) is 4.16. The summed E-state index contributed by atoms with van der Waals surface area (Å²) in [6.07, 6.45) is 8.49. The summed E-state index contributed by atoms with van der Waals surface area (Å²) in [5.41, 5.74) is 2.24. The molecule has 0 aromatic carbocycles. The molecule has 0 aromatic rings. The lowest BCUT2D eigenvalue weighted by atomic mass is 9.46. The average molecular weight is 264 g/mol. The molecule has 1 N–H and O–H groups in total. The van der Waals surface area contributed by atoms with Crippen molar-refractivity contribution in [3.8, 4) is 0 Å². The third-order valence-electron chi connectivity index (χ3n) is 6.67. The molecule has 0 radical (unpaired) electrons. The van der Waals surface area contributed by atoms with Gasteiger partial charge < -0.3 is 5.11 Å². The van der Waals surface area contributed by atoms with Crippen LogP contribution in [0.3, 0.4) is 0 Å². The predicted molar refractivity (Wildman–Crippen MR) is 82.0 cm³/mol. The molecule has 2 rings (SSSR count). The van der Waals surface area contributed by atoms with Crippen molar-refractivity contribution < 1.29 is 5.11 Å². The molecule has 1 nitrogen and oxygen atoms in total. The van der Waals surface area contributed by atoms with Crippen LogP contribution < -0.4 is 0 Å². The van der Waals surface area contributed by atoms with Gasteiger partial charge in [0.15, 0.2) is 0 Å². The summed E-state index contributed by atoms with van der Waals surface area (Å²) in [4.78, 5) is 0. The van der Waals surface area contributed by atoms with Crippen LogP contribution in [0.15, 0.2) is 12.2 Å². The maximum Gasteiger partial charge on any atom is 0.0512 e. The van der Waals surface area contributed by atoms with Crippen molar-refractivity contribution in [2.75, 3.05) is 0 Å². The monoisotopic (exact) mass is 264 g/mol. The molecule has 0 amide bonds. The SMILES string of the molecule is C=C1CCCC2C1(C)CCC(C)C2(C)CCC(C)O. The highest BCUT2D eigenvalue weighted by molar-refractivity contribution is 5.19. The van der Waals surface area contributed by atoms with Crippen molar-refractivity contribution in [3.05, 3.63) is 12.2 Å². The second-order valence-corrected chi connectivity index (χ2v) is 7.80. The Morgan fingerprint density at radius 3 is 2.68 bits per heavy atom. The van der Waals surface area contributed by atoms with E-state index < -0.39 is 0 Å². The maximum atomic E-state index is 9.68. The van der Waals surface area contributed by atoms with Gasteiger partial charge in [0.2, 0.25) is 0 Å². The highest BCUT2D eigenvalue weighted by atomic mass is 16.3. The van der Waals surface area contributed by atoms with E-state index in [0.717, 1.165) is 18.3 Å². The van der Waals surface area contributed by atoms with Gasteiger partial charge in [-0.3, -0.25) is 0 Å². The standard InChI is InChI=1S/C18H32O/c1-13-7-6-8-16-17(13,4)11-9-14(2)18(16,5)12-10-15(3)19/h14-16,19H,1,6-12H2,2-5H3. The van der Waals surface area contributed by atoms with E-state index in [4.69, 9.17) is 0 Å². The van der Waals surface area contributed by atoms with Gasteiger partial charge in [0.1, 0.15) is 0 Å². The third-order valence-corrected chi connectivity index (χ3v) is 6.67. The minimum atomic E-state index is -0.163. The summed E-state index contributed by atoms with van der Waals surface area (Å²) in [7, 11) is 0. The van der Waals surface area contributed by atoms with Crippen molar-refractivity contribution in [1.82, 2.24) is 0 Å². The number of fused-ring (bicyclic) bond motifs is 1. The lowest BCUT2D eigenvalue weighted by molar-refractivity contribution is -0.0603. The van der Waals surface area contributed by atoms with E-state index in [1.54, 1.807) is 0 Å². The number of aliphatic hydroxyl groups excluding tert-OH is 1. The minimum Gasteiger partial charge on any atom is -0.393 e. The number of allylic oxidation sites excluding steroid dienone is 1. The van der Waals surface area contributed by atoms with Crippen LogP contribution in [-0.4, -0.2) is 11.2 Å². The van der Waals surface area contributed by atoms with Gasteiger partial charge in [-0.2, -0.15) is 0 Å². The zero-order valence-corrected chi connectivity index (χ0v) is 13.3. The average Bonchev–Trinajstić information content (AvgIpc) is 2.35. The van der Waals surface area contributed by atoms with Crippen LogP contribution in [0.5, 0.6) is 0 Å². The van der Waals surface area contributed by atoms with Crippen LogP contribution in [-0.2, 0) is 0 Å². The van der Waals surface area contributed by atoms with Gasteiger partial charge in [-0.05, 0) is 74.5 Å². The molecule has 2 fully saturated rings. The molecule has 0 saturated heterocycles. The molecule has 2 saturated carbocycles. The first-order valence-corrected chi connectivity index (χ1v) is 8.17. The molecule has 0 spiro atoms. The van der Waals surface area contributed by atoms with Crippen LogP contribution in [0, 0.1) is 22.7 Å². The molecule has 2 aliphatic rings. The molecule has 110 valence electrons.